The Labute approximate surface area is 486 Å². The SMILES string of the molecule is CC/C=C\C/C=C\C/C=C\C/C=C\C/C=C\C/C=C\C/C=C\CCCCCCCCCCCC(=O)OCC(COC(=O)CC/C=C\C/C=C\C/C=C\C/C=C\CC)OC(=O)CCCCCCCCC/C=C\C/C=C\CCCCC. The summed E-state index contributed by atoms with van der Waals surface area (Å²) in [5.41, 5.74) is 0. The van der Waals surface area contributed by atoms with Crippen molar-refractivity contribution >= 4 is 17.9 Å². The Bertz CT molecular complexity index is 1780. The lowest BCUT2D eigenvalue weighted by molar-refractivity contribution is -0.166. The zero-order valence-corrected chi connectivity index (χ0v) is 50.8. The molecule has 0 N–H and O–H groups in total. The van der Waals surface area contributed by atoms with Crippen LogP contribution in [-0.2, 0) is 28.6 Å². The molecule has 0 aliphatic carbocycles. The Morgan fingerprint density at radius 1 is 0.266 bits per heavy atom. The van der Waals surface area contributed by atoms with E-state index in [4.69, 9.17) is 14.2 Å². The van der Waals surface area contributed by atoms with Crippen LogP contribution in [0.5, 0.6) is 0 Å². The van der Waals surface area contributed by atoms with Gasteiger partial charge in [0.1, 0.15) is 13.2 Å². The fourth-order valence-electron chi connectivity index (χ4n) is 8.29. The molecule has 79 heavy (non-hydrogen) atoms. The normalized spacial score (nSPS) is 13.2. The van der Waals surface area contributed by atoms with Gasteiger partial charge in [0.2, 0.25) is 0 Å². The molecule has 6 heteroatoms. The molecule has 6 nitrogen and oxygen atoms in total. The lowest BCUT2D eigenvalue weighted by atomic mass is 10.1. The number of esters is 3. The first-order valence-corrected chi connectivity index (χ1v) is 32.0. The molecule has 1 unspecified atom stereocenters. The Morgan fingerprint density at radius 3 is 0.848 bits per heavy atom. The highest BCUT2D eigenvalue weighted by Gasteiger charge is 2.19. The summed E-state index contributed by atoms with van der Waals surface area (Å²) in [5, 5.41) is 0. The molecule has 0 spiro atoms. The summed E-state index contributed by atoms with van der Waals surface area (Å²) in [7, 11) is 0. The van der Waals surface area contributed by atoms with Gasteiger partial charge in [-0.2, -0.15) is 0 Å². The minimum Gasteiger partial charge on any atom is -0.462 e. The minimum atomic E-state index is -0.821. The largest absolute Gasteiger partial charge is 0.462 e. The maximum absolute atomic E-state index is 12.9. The average Bonchev–Trinajstić information content (AvgIpc) is 3.45. The third kappa shape index (κ3) is 63.7. The molecule has 0 amide bonds. The van der Waals surface area contributed by atoms with Crippen LogP contribution in [0.25, 0.3) is 0 Å². The number of unbranched alkanes of at least 4 members (excludes halogenated alkanes) is 19. The summed E-state index contributed by atoms with van der Waals surface area (Å²) in [6.45, 7) is 6.30. The Kier molecular flexibility index (Phi) is 61.4. The third-order valence-electron chi connectivity index (χ3n) is 13.0. The van der Waals surface area contributed by atoms with Crippen molar-refractivity contribution in [2.75, 3.05) is 13.2 Å². The van der Waals surface area contributed by atoms with Crippen molar-refractivity contribution in [3.05, 3.63) is 158 Å². The van der Waals surface area contributed by atoms with E-state index in [-0.39, 0.29) is 37.5 Å². The van der Waals surface area contributed by atoms with Gasteiger partial charge in [-0.15, -0.1) is 0 Å². The number of hydrogen-bond donors (Lipinski definition) is 0. The topological polar surface area (TPSA) is 78.9 Å². The molecule has 0 rings (SSSR count). The highest BCUT2D eigenvalue weighted by atomic mass is 16.6. The van der Waals surface area contributed by atoms with Gasteiger partial charge in [0.25, 0.3) is 0 Å². The van der Waals surface area contributed by atoms with E-state index in [1.165, 1.54) is 89.9 Å². The van der Waals surface area contributed by atoms with Crippen LogP contribution in [0, 0.1) is 0 Å². The maximum Gasteiger partial charge on any atom is 0.306 e. The quantitative estimate of drug-likeness (QED) is 0.0261. The standard InChI is InChI=1S/C73H116O6/c1-4-7-10-13-16-19-22-25-27-29-30-31-32-33-34-35-36-37-38-39-40-41-42-44-45-48-51-54-57-60-63-66-72(75)78-69-70(68-77-71(74)65-62-59-56-53-50-47-24-21-18-15-12-9-6-3)79-73(76)67-64-61-58-55-52-49-46-43-28-26-23-20-17-14-11-8-5-2/h7,9-10,12,16-21,25-28,30-31,33-34,36-37,39-40,47,50,56,59,70H,4-6,8,11,13-15,22-24,29,32,35,38,41-46,48-49,51-55,57-58,60-69H2,1-3H3/b10-7-,12-9-,19-16-,20-17-,21-18-,27-25-,28-26-,31-30-,34-33-,37-36-,40-39-,50-47-,59-56-. The maximum atomic E-state index is 12.9. The number of hydrogen-bond acceptors (Lipinski definition) is 6. The molecule has 0 saturated heterocycles. The van der Waals surface area contributed by atoms with E-state index in [2.05, 4.69) is 173 Å². The van der Waals surface area contributed by atoms with Crippen LogP contribution >= 0.6 is 0 Å². The minimum absolute atomic E-state index is 0.112. The first-order chi connectivity index (χ1) is 39.0. The fourth-order valence-corrected chi connectivity index (χ4v) is 8.29. The molecule has 0 saturated carbocycles. The highest BCUT2D eigenvalue weighted by molar-refractivity contribution is 5.71. The lowest BCUT2D eigenvalue weighted by Crippen LogP contribution is -2.30. The zero-order valence-electron chi connectivity index (χ0n) is 50.8. The summed E-state index contributed by atoms with van der Waals surface area (Å²) in [5.74, 6) is -1.01. The van der Waals surface area contributed by atoms with Gasteiger partial charge in [-0.1, -0.05) is 269 Å². The molecule has 0 radical (unpaired) electrons. The molecular formula is C73H116O6. The molecule has 0 heterocycles. The van der Waals surface area contributed by atoms with Gasteiger partial charge >= 0.3 is 17.9 Å². The van der Waals surface area contributed by atoms with Gasteiger partial charge in [-0.3, -0.25) is 14.4 Å². The van der Waals surface area contributed by atoms with Crippen LogP contribution in [0.4, 0.5) is 0 Å². The molecule has 0 bridgehead atoms. The zero-order chi connectivity index (χ0) is 57.1. The van der Waals surface area contributed by atoms with Crippen molar-refractivity contribution < 1.29 is 28.6 Å². The van der Waals surface area contributed by atoms with Gasteiger partial charge in [0.15, 0.2) is 6.10 Å². The molecule has 0 aliphatic heterocycles. The first kappa shape index (κ1) is 74.0. The van der Waals surface area contributed by atoms with E-state index < -0.39 is 6.10 Å². The second-order valence-electron chi connectivity index (χ2n) is 20.5. The van der Waals surface area contributed by atoms with Crippen molar-refractivity contribution in [3.63, 3.8) is 0 Å². The summed E-state index contributed by atoms with van der Waals surface area (Å²) < 4.78 is 16.8. The first-order valence-electron chi connectivity index (χ1n) is 32.0. The Balaban J connectivity index is 4.35. The van der Waals surface area contributed by atoms with E-state index in [1.54, 1.807) is 0 Å². The summed E-state index contributed by atoms with van der Waals surface area (Å²) in [6.07, 6.45) is 95.5. The van der Waals surface area contributed by atoms with Crippen LogP contribution in [0.15, 0.2) is 158 Å². The van der Waals surface area contributed by atoms with E-state index in [9.17, 15) is 14.4 Å². The second kappa shape index (κ2) is 65.5. The van der Waals surface area contributed by atoms with Crippen molar-refractivity contribution in [2.24, 2.45) is 0 Å². The molecule has 0 fully saturated rings. The monoisotopic (exact) mass is 1090 g/mol. The Hall–Kier alpha value is -4.97. The lowest BCUT2D eigenvalue weighted by Gasteiger charge is -2.18. The van der Waals surface area contributed by atoms with Crippen molar-refractivity contribution in [1.82, 2.24) is 0 Å². The van der Waals surface area contributed by atoms with Crippen molar-refractivity contribution in [2.45, 2.75) is 271 Å². The van der Waals surface area contributed by atoms with Crippen LogP contribution < -0.4 is 0 Å². The number of rotatable bonds is 56. The number of allylic oxidation sites excluding steroid dienone is 26. The van der Waals surface area contributed by atoms with Crippen LogP contribution in [-0.4, -0.2) is 37.2 Å². The van der Waals surface area contributed by atoms with E-state index in [1.807, 2.05) is 6.08 Å². The van der Waals surface area contributed by atoms with Crippen molar-refractivity contribution in [3.8, 4) is 0 Å². The summed E-state index contributed by atoms with van der Waals surface area (Å²) in [6, 6.07) is 0. The van der Waals surface area contributed by atoms with Gasteiger partial charge < -0.3 is 14.2 Å². The molecule has 444 valence electrons. The number of ether oxygens (including phenoxy) is 3. The molecule has 0 aromatic carbocycles. The third-order valence-corrected chi connectivity index (χ3v) is 13.0. The summed E-state index contributed by atoms with van der Waals surface area (Å²) in [4.78, 5) is 38.2. The highest BCUT2D eigenvalue weighted by Crippen LogP contribution is 2.14. The van der Waals surface area contributed by atoms with Gasteiger partial charge in [-0.25, -0.2) is 0 Å². The van der Waals surface area contributed by atoms with Crippen LogP contribution in [0.3, 0.4) is 0 Å². The van der Waals surface area contributed by atoms with E-state index in [0.717, 1.165) is 128 Å². The van der Waals surface area contributed by atoms with Crippen LogP contribution in [0.2, 0.25) is 0 Å². The molecule has 1 atom stereocenters. The van der Waals surface area contributed by atoms with E-state index in [0.29, 0.717) is 19.3 Å². The predicted octanol–water partition coefficient (Wildman–Crippen LogP) is 22.1. The number of carbonyl (C=O) groups excluding carboxylic acids is 3. The molecular weight excluding hydrogens is 973 g/mol. The van der Waals surface area contributed by atoms with Crippen molar-refractivity contribution in [1.29, 1.82) is 0 Å². The fraction of sp³-hybridized carbons (Fsp3) is 0.603. The van der Waals surface area contributed by atoms with Gasteiger partial charge in [0, 0.05) is 19.3 Å². The molecule has 0 aromatic rings. The second-order valence-corrected chi connectivity index (χ2v) is 20.5. The van der Waals surface area contributed by atoms with Gasteiger partial charge in [0.05, 0.1) is 0 Å². The smallest absolute Gasteiger partial charge is 0.306 e. The van der Waals surface area contributed by atoms with E-state index >= 15 is 0 Å². The van der Waals surface area contributed by atoms with Crippen LogP contribution in [0.1, 0.15) is 265 Å². The predicted molar refractivity (Wildman–Crippen MR) is 343 cm³/mol. The Morgan fingerprint density at radius 2 is 0.519 bits per heavy atom. The summed E-state index contributed by atoms with van der Waals surface area (Å²) >= 11 is 0. The molecule has 0 aliphatic rings. The number of carbonyl (C=O) groups is 3. The van der Waals surface area contributed by atoms with Gasteiger partial charge in [-0.05, 0) is 135 Å². The average molecular weight is 1090 g/mol. The molecule has 0 aromatic heterocycles.